The van der Waals surface area contributed by atoms with Crippen molar-refractivity contribution in [1.29, 1.82) is 0 Å². The largest absolute Gasteiger partial charge is 0.519 e. The van der Waals surface area contributed by atoms with Crippen molar-refractivity contribution in [2.24, 2.45) is 0 Å². The van der Waals surface area contributed by atoms with E-state index in [2.05, 4.69) is 38.9 Å². The van der Waals surface area contributed by atoms with Crippen molar-refractivity contribution < 1.29 is 55.7 Å². The van der Waals surface area contributed by atoms with Gasteiger partial charge in [-0.2, -0.15) is 14.4 Å². The highest BCUT2D eigenvalue weighted by Gasteiger charge is 2.42. The van der Waals surface area contributed by atoms with Crippen LogP contribution in [0.25, 0.3) is 11.2 Å². The summed E-state index contributed by atoms with van der Waals surface area (Å²) in [7, 11) is 0. The topological polar surface area (TPSA) is 248 Å². The number of nitrogens with two attached hydrogens (primary N) is 1. The summed E-state index contributed by atoms with van der Waals surface area (Å²) >= 11 is 0. The molecule has 4 aromatic heterocycles. The van der Waals surface area contributed by atoms with Crippen LogP contribution in [0.15, 0.2) is 33.6 Å². The summed E-state index contributed by atoms with van der Waals surface area (Å²) in [6, 6.07) is 0. The average molecular weight is 607 g/mol. The van der Waals surface area contributed by atoms with Crippen LogP contribution in [0.1, 0.15) is 42.1 Å². The molecule has 1 aliphatic heterocycles. The van der Waals surface area contributed by atoms with E-state index in [-0.39, 0.29) is 59.8 Å². The van der Waals surface area contributed by atoms with Crippen LogP contribution in [0, 0.1) is 32.3 Å². The lowest BCUT2D eigenvalue weighted by atomic mass is 10.0. The highest BCUT2D eigenvalue weighted by atomic mass is 19.1. The van der Waals surface area contributed by atoms with Crippen LogP contribution in [-0.4, -0.2) is 49.1 Å². The van der Waals surface area contributed by atoms with Gasteiger partial charge < -0.3 is 47.5 Å². The number of rotatable bonds is 7. The van der Waals surface area contributed by atoms with Crippen molar-refractivity contribution >= 4 is 29.3 Å². The van der Waals surface area contributed by atoms with Crippen LogP contribution in [-0.2, 0) is 32.2 Å². The lowest BCUT2D eigenvalue weighted by Crippen LogP contribution is -2.34. The van der Waals surface area contributed by atoms with Gasteiger partial charge in [0.2, 0.25) is 0 Å². The molecule has 228 valence electrons. The number of carboxylic acid groups (broad SMARTS) is 1. The van der Waals surface area contributed by atoms with Gasteiger partial charge in [-0.05, 0) is 26.7 Å². The molecule has 18 nitrogen and oxygen atoms in total. The van der Waals surface area contributed by atoms with Gasteiger partial charge in [-0.15, -0.1) is 6.42 Å². The minimum Gasteiger partial charge on any atom is -0.450 e. The van der Waals surface area contributed by atoms with Gasteiger partial charge in [0, 0.05) is 0 Å². The Bertz CT molecular complexity index is 1790. The van der Waals surface area contributed by atoms with Gasteiger partial charge in [0.05, 0.1) is 6.33 Å². The van der Waals surface area contributed by atoms with Crippen molar-refractivity contribution in [3.05, 3.63) is 56.7 Å². The van der Waals surface area contributed by atoms with Gasteiger partial charge in [0.1, 0.15) is 12.8 Å². The zero-order valence-electron chi connectivity index (χ0n) is 22.4. The van der Waals surface area contributed by atoms with E-state index < -0.39 is 41.9 Å². The molecule has 0 aliphatic carbocycles. The number of nitrogen functional groups attached to an aromatic ring is 1. The predicted octanol–water partition coefficient (Wildman–Crippen LogP) is 2.17. The Morgan fingerprint density at radius 1 is 1.12 bits per heavy atom. The lowest BCUT2D eigenvalue weighted by Gasteiger charge is -2.23. The molecule has 1 saturated heterocycles. The molecule has 0 spiro atoms. The molecule has 0 bridgehead atoms. The number of fused-ring (bicyclic) bond motifs is 1. The normalized spacial score (nSPS) is 17.6. The quantitative estimate of drug-likeness (QED) is 0.173. The van der Waals surface area contributed by atoms with E-state index in [1.165, 1.54) is 24.7 Å². The fourth-order valence-electron chi connectivity index (χ4n) is 3.79. The highest BCUT2D eigenvalue weighted by Crippen LogP contribution is 2.38. The van der Waals surface area contributed by atoms with E-state index in [1.54, 1.807) is 0 Å². The number of nitrogens with zero attached hydrogens (tertiary/aromatic N) is 4. The minimum atomic E-state index is -1.43. The SMILES string of the molecule is C#CC1(COC(=O)OCc2oc(=O)oc2C)CCC(n2cnc3c(N)nc(F)nc32)O1.Cc1oc(=O)oc1COC(=O)O. The summed E-state index contributed by atoms with van der Waals surface area (Å²) in [5.41, 5.74) is 4.81. The van der Waals surface area contributed by atoms with Gasteiger partial charge in [-0.3, -0.25) is 4.57 Å². The van der Waals surface area contributed by atoms with Crippen LogP contribution >= 0.6 is 0 Å². The number of terminal acetylenes is 1. The van der Waals surface area contributed by atoms with Crippen LogP contribution in [0.4, 0.5) is 19.8 Å². The molecule has 1 aliphatic rings. The van der Waals surface area contributed by atoms with E-state index in [1.807, 2.05) is 0 Å². The van der Waals surface area contributed by atoms with E-state index in [0.717, 1.165) is 0 Å². The number of carbonyl (C=O) groups is 2. The van der Waals surface area contributed by atoms with Crippen molar-refractivity contribution in [3.63, 3.8) is 0 Å². The van der Waals surface area contributed by atoms with E-state index in [0.29, 0.717) is 12.8 Å². The zero-order chi connectivity index (χ0) is 31.3. The molecule has 5 rings (SSSR count). The smallest absolute Gasteiger partial charge is 0.450 e. The van der Waals surface area contributed by atoms with Gasteiger partial charge in [0.25, 0.3) is 0 Å². The maximum Gasteiger partial charge on any atom is 0.519 e. The Morgan fingerprint density at radius 3 is 2.30 bits per heavy atom. The minimum absolute atomic E-state index is 0.0614. The van der Waals surface area contributed by atoms with Crippen molar-refractivity contribution in [3.8, 4) is 12.3 Å². The van der Waals surface area contributed by atoms with Crippen LogP contribution in [0.3, 0.4) is 0 Å². The fourth-order valence-corrected chi connectivity index (χ4v) is 3.79. The number of imidazole rings is 1. The first kappa shape index (κ1) is 30.3. The highest BCUT2D eigenvalue weighted by molar-refractivity contribution is 5.81. The molecule has 5 heterocycles. The van der Waals surface area contributed by atoms with Gasteiger partial charge >= 0.3 is 30.0 Å². The predicted molar refractivity (Wildman–Crippen MR) is 134 cm³/mol. The summed E-state index contributed by atoms with van der Waals surface area (Å²) in [6.45, 7) is 2.00. The molecule has 0 radical (unpaired) electrons. The Hall–Kier alpha value is -5.64. The molecule has 0 amide bonds. The van der Waals surface area contributed by atoms with E-state index in [4.69, 9.17) is 35.9 Å². The number of ether oxygens (including phenoxy) is 4. The number of halogens is 1. The molecular weight excluding hydrogens is 585 g/mol. The number of hydrogen-bond donors (Lipinski definition) is 2. The van der Waals surface area contributed by atoms with Crippen LogP contribution < -0.4 is 17.4 Å². The number of hydrogen-bond acceptors (Lipinski definition) is 16. The molecule has 0 saturated carbocycles. The summed E-state index contributed by atoms with van der Waals surface area (Å²) in [6.07, 6.45) is 3.65. The average Bonchev–Trinajstić information content (AvgIpc) is 3.71. The van der Waals surface area contributed by atoms with Gasteiger partial charge in [-0.25, -0.2) is 24.2 Å². The number of carbonyl (C=O) groups excluding carboxylic acids is 1. The first-order valence-corrected chi connectivity index (χ1v) is 12.0. The number of aryl methyl sites for hydroxylation is 2. The summed E-state index contributed by atoms with van der Waals surface area (Å²) in [5.74, 6) is 1.18. The fraction of sp³-hybridized carbons (Fsp3) is 0.375. The molecule has 1 fully saturated rings. The third-order valence-corrected chi connectivity index (χ3v) is 5.89. The first-order chi connectivity index (χ1) is 20.4. The Balaban J connectivity index is 0.000000296. The van der Waals surface area contributed by atoms with Gasteiger partial charge in [0.15, 0.2) is 58.8 Å². The Labute approximate surface area is 238 Å². The second-order valence-corrected chi connectivity index (χ2v) is 8.70. The number of aromatic nitrogens is 4. The molecule has 3 N–H and O–H groups in total. The molecule has 2 atom stereocenters. The van der Waals surface area contributed by atoms with Crippen LogP contribution in [0.2, 0.25) is 0 Å². The summed E-state index contributed by atoms with van der Waals surface area (Å²) < 4.78 is 53.4. The maximum absolute atomic E-state index is 13.6. The van der Waals surface area contributed by atoms with E-state index >= 15 is 0 Å². The third kappa shape index (κ3) is 7.17. The maximum atomic E-state index is 13.6. The van der Waals surface area contributed by atoms with E-state index in [9.17, 15) is 23.6 Å². The molecule has 19 heteroatoms. The first-order valence-electron chi connectivity index (χ1n) is 12.0. The standard InChI is InChI=1S/C18H16FN5O7.C6H6O6/c1-3-18(7-28-16(25)27-6-10-9(2)29-17(26)30-10)5-4-11(31-18)24-8-21-12-13(20)22-15(19)23-14(12)24;1-3-4(2-10-5(7)8)12-6(9)11-3/h1,8,11H,4-7H2,2H3,(H2,20,22,23);2H2,1H3,(H,7,8). The van der Waals surface area contributed by atoms with Crippen molar-refractivity contribution in [2.75, 3.05) is 12.3 Å². The molecule has 43 heavy (non-hydrogen) atoms. The monoisotopic (exact) mass is 607 g/mol. The summed E-state index contributed by atoms with van der Waals surface area (Å²) in [4.78, 5) is 54.5. The molecule has 0 aromatic carbocycles. The molecular formula is C24H22FN5O13. The second-order valence-electron chi connectivity index (χ2n) is 8.70. The molecule has 4 aromatic rings. The summed E-state index contributed by atoms with van der Waals surface area (Å²) in [5, 5.41) is 8.10. The second kappa shape index (κ2) is 12.5. The van der Waals surface area contributed by atoms with Crippen molar-refractivity contribution in [1.82, 2.24) is 19.5 Å². The van der Waals surface area contributed by atoms with Crippen LogP contribution in [0.5, 0.6) is 0 Å². The Kier molecular flexibility index (Phi) is 8.80. The third-order valence-electron chi connectivity index (χ3n) is 5.89. The zero-order valence-corrected chi connectivity index (χ0v) is 22.4. The number of anilines is 1. The van der Waals surface area contributed by atoms with Gasteiger partial charge in [-0.1, -0.05) is 5.92 Å². The lowest BCUT2D eigenvalue weighted by molar-refractivity contribution is -0.0742. The Morgan fingerprint density at radius 2 is 1.74 bits per heavy atom. The molecule has 2 unspecified atom stereocenters. The van der Waals surface area contributed by atoms with Crippen molar-refractivity contribution in [2.45, 2.75) is 51.7 Å².